The topological polar surface area (TPSA) is 50.9 Å². The molecule has 1 atom stereocenters. The van der Waals surface area contributed by atoms with Crippen LogP contribution in [-0.4, -0.2) is 4.98 Å². The SMILES string of the molecule is Cc1ccc(C(C)Nc2ccc(N)c3ncccc23)s1. The monoisotopic (exact) mass is 283 g/mol. The fourth-order valence-corrected chi connectivity index (χ4v) is 3.19. The van der Waals surface area contributed by atoms with Crippen molar-refractivity contribution in [1.29, 1.82) is 0 Å². The minimum Gasteiger partial charge on any atom is -0.397 e. The van der Waals surface area contributed by atoms with Gasteiger partial charge in [0.1, 0.15) is 0 Å². The minimum absolute atomic E-state index is 0.265. The van der Waals surface area contributed by atoms with Crippen molar-refractivity contribution in [3.63, 3.8) is 0 Å². The molecule has 0 aliphatic carbocycles. The maximum absolute atomic E-state index is 5.98. The number of pyridine rings is 1. The first-order valence-corrected chi connectivity index (χ1v) is 7.43. The molecule has 0 radical (unpaired) electrons. The van der Waals surface area contributed by atoms with Crippen LogP contribution in [0.15, 0.2) is 42.6 Å². The third-order valence-corrected chi connectivity index (χ3v) is 4.54. The molecule has 0 saturated carbocycles. The summed E-state index contributed by atoms with van der Waals surface area (Å²) in [6, 6.07) is 12.5. The standard InChI is InChI=1S/C16H17N3S/c1-10-5-8-15(20-10)11(2)19-14-7-6-13(17)16-12(14)4-3-9-18-16/h3-9,11,19H,17H2,1-2H3. The Hall–Kier alpha value is -2.07. The minimum atomic E-state index is 0.265. The molecule has 2 heterocycles. The summed E-state index contributed by atoms with van der Waals surface area (Å²) >= 11 is 1.82. The molecule has 20 heavy (non-hydrogen) atoms. The molecule has 3 aromatic rings. The largest absolute Gasteiger partial charge is 0.397 e. The molecule has 3 N–H and O–H groups in total. The molecule has 3 nitrogen and oxygen atoms in total. The summed E-state index contributed by atoms with van der Waals surface area (Å²) in [6.45, 7) is 4.30. The Labute approximate surface area is 122 Å². The van der Waals surface area contributed by atoms with E-state index in [0.717, 1.165) is 16.6 Å². The highest BCUT2D eigenvalue weighted by Gasteiger charge is 2.10. The van der Waals surface area contributed by atoms with E-state index in [1.165, 1.54) is 9.75 Å². The molecule has 0 bridgehead atoms. The zero-order valence-corrected chi connectivity index (χ0v) is 12.4. The zero-order valence-electron chi connectivity index (χ0n) is 11.6. The number of benzene rings is 1. The molecule has 4 heteroatoms. The molecule has 0 spiro atoms. The Morgan fingerprint density at radius 1 is 1.20 bits per heavy atom. The first kappa shape index (κ1) is 12.9. The Balaban J connectivity index is 1.97. The number of fused-ring (bicyclic) bond motifs is 1. The number of aromatic nitrogens is 1. The van der Waals surface area contributed by atoms with Crippen molar-refractivity contribution in [2.45, 2.75) is 19.9 Å². The summed E-state index contributed by atoms with van der Waals surface area (Å²) in [6.07, 6.45) is 1.77. The Kier molecular flexibility index (Phi) is 3.32. The molecule has 1 unspecified atom stereocenters. The van der Waals surface area contributed by atoms with Gasteiger partial charge in [0.2, 0.25) is 0 Å². The van der Waals surface area contributed by atoms with Crippen molar-refractivity contribution >= 4 is 33.6 Å². The average molecular weight is 283 g/mol. The van der Waals surface area contributed by atoms with E-state index in [1.54, 1.807) is 6.20 Å². The normalized spacial score (nSPS) is 12.5. The lowest BCUT2D eigenvalue weighted by Crippen LogP contribution is -2.05. The van der Waals surface area contributed by atoms with Crippen LogP contribution in [0.1, 0.15) is 22.7 Å². The zero-order chi connectivity index (χ0) is 14.1. The van der Waals surface area contributed by atoms with Gasteiger partial charge in [0.25, 0.3) is 0 Å². The van der Waals surface area contributed by atoms with E-state index >= 15 is 0 Å². The molecule has 2 aromatic heterocycles. The van der Waals surface area contributed by atoms with Crippen molar-refractivity contribution in [1.82, 2.24) is 4.98 Å². The number of nitrogens with two attached hydrogens (primary N) is 1. The highest BCUT2D eigenvalue weighted by Crippen LogP contribution is 2.31. The lowest BCUT2D eigenvalue weighted by atomic mass is 10.1. The summed E-state index contributed by atoms with van der Waals surface area (Å²) in [4.78, 5) is 7.02. The Bertz CT molecular complexity index is 748. The Morgan fingerprint density at radius 2 is 2.05 bits per heavy atom. The van der Waals surface area contributed by atoms with E-state index in [-0.39, 0.29) is 6.04 Å². The predicted octanol–water partition coefficient (Wildman–Crippen LogP) is 4.36. The second-order valence-corrected chi connectivity index (χ2v) is 6.24. The molecular formula is C16H17N3S. The van der Waals surface area contributed by atoms with Gasteiger partial charge < -0.3 is 11.1 Å². The average Bonchev–Trinajstić information content (AvgIpc) is 2.89. The van der Waals surface area contributed by atoms with Crippen molar-refractivity contribution in [3.8, 4) is 0 Å². The lowest BCUT2D eigenvalue weighted by molar-refractivity contribution is 0.910. The molecule has 3 rings (SSSR count). The van der Waals surface area contributed by atoms with Crippen LogP contribution in [0.3, 0.4) is 0 Å². The highest BCUT2D eigenvalue weighted by atomic mass is 32.1. The van der Waals surface area contributed by atoms with Crippen LogP contribution in [0.2, 0.25) is 0 Å². The number of rotatable bonds is 3. The number of hydrogen-bond donors (Lipinski definition) is 2. The number of aryl methyl sites for hydroxylation is 1. The van der Waals surface area contributed by atoms with Gasteiger partial charge in [0.05, 0.1) is 17.2 Å². The number of anilines is 2. The van der Waals surface area contributed by atoms with Gasteiger partial charge in [0.15, 0.2) is 0 Å². The van der Waals surface area contributed by atoms with Crippen LogP contribution in [0, 0.1) is 6.92 Å². The summed E-state index contributed by atoms with van der Waals surface area (Å²) in [5.41, 5.74) is 8.62. The maximum Gasteiger partial charge on any atom is 0.0951 e. The molecule has 0 amide bonds. The van der Waals surface area contributed by atoms with Gasteiger partial charge in [-0.2, -0.15) is 0 Å². The van der Waals surface area contributed by atoms with Crippen molar-refractivity contribution in [2.24, 2.45) is 0 Å². The first-order valence-electron chi connectivity index (χ1n) is 6.61. The van der Waals surface area contributed by atoms with Crippen molar-refractivity contribution in [2.75, 3.05) is 11.1 Å². The van der Waals surface area contributed by atoms with Gasteiger partial charge in [0, 0.05) is 27.0 Å². The van der Waals surface area contributed by atoms with Gasteiger partial charge >= 0.3 is 0 Å². The predicted molar refractivity (Wildman–Crippen MR) is 87.2 cm³/mol. The van der Waals surface area contributed by atoms with Crippen LogP contribution in [0.4, 0.5) is 11.4 Å². The van der Waals surface area contributed by atoms with Gasteiger partial charge in [-0.1, -0.05) is 0 Å². The summed E-state index contributed by atoms with van der Waals surface area (Å²) in [7, 11) is 0. The fourth-order valence-electron chi connectivity index (χ4n) is 2.31. The summed E-state index contributed by atoms with van der Waals surface area (Å²) in [5.74, 6) is 0. The van der Waals surface area contributed by atoms with Gasteiger partial charge in [-0.05, 0) is 50.2 Å². The number of nitrogen functional groups attached to an aromatic ring is 1. The van der Waals surface area contributed by atoms with E-state index in [9.17, 15) is 0 Å². The molecule has 1 aromatic carbocycles. The quantitative estimate of drug-likeness (QED) is 0.702. The maximum atomic E-state index is 5.98. The van der Waals surface area contributed by atoms with E-state index in [2.05, 4.69) is 36.3 Å². The van der Waals surface area contributed by atoms with Crippen LogP contribution in [0.25, 0.3) is 10.9 Å². The third-order valence-electron chi connectivity index (χ3n) is 3.36. The fraction of sp³-hybridized carbons (Fsp3) is 0.188. The molecule has 0 aliphatic heterocycles. The van der Waals surface area contributed by atoms with Crippen molar-refractivity contribution < 1.29 is 0 Å². The second kappa shape index (κ2) is 5.13. The van der Waals surface area contributed by atoms with Gasteiger partial charge in [-0.25, -0.2) is 0 Å². The Morgan fingerprint density at radius 3 is 2.80 bits per heavy atom. The van der Waals surface area contributed by atoms with Crippen LogP contribution >= 0.6 is 11.3 Å². The van der Waals surface area contributed by atoms with E-state index < -0.39 is 0 Å². The smallest absolute Gasteiger partial charge is 0.0951 e. The first-order chi connectivity index (χ1) is 9.65. The molecule has 0 fully saturated rings. The van der Waals surface area contributed by atoms with Gasteiger partial charge in [-0.15, -0.1) is 11.3 Å². The van der Waals surface area contributed by atoms with E-state index in [1.807, 2.05) is 35.6 Å². The molecule has 0 aliphatic rings. The van der Waals surface area contributed by atoms with E-state index in [4.69, 9.17) is 5.73 Å². The van der Waals surface area contributed by atoms with Crippen LogP contribution in [-0.2, 0) is 0 Å². The van der Waals surface area contributed by atoms with Crippen LogP contribution < -0.4 is 11.1 Å². The number of hydrogen-bond acceptors (Lipinski definition) is 4. The van der Waals surface area contributed by atoms with E-state index in [0.29, 0.717) is 5.69 Å². The highest BCUT2D eigenvalue weighted by molar-refractivity contribution is 7.12. The molecule has 102 valence electrons. The number of thiophene rings is 1. The number of nitrogens with one attached hydrogen (secondary N) is 1. The second-order valence-electron chi connectivity index (χ2n) is 4.92. The van der Waals surface area contributed by atoms with Crippen molar-refractivity contribution in [3.05, 3.63) is 52.3 Å². The molecular weight excluding hydrogens is 266 g/mol. The van der Waals surface area contributed by atoms with Gasteiger partial charge in [-0.3, -0.25) is 4.98 Å². The summed E-state index contributed by atoms with van der Waals surface area (Å²) < 4.78 is 0. The molecule has 0 saturated heterocycles. The van der Waals surface area contributed by atoms with Crippen LogP contribution in [0.5, 0.6) is 0 Å². The summed E-state index contributed by atoms with van der Waals surface area (Å²) in [5, 5.41) is 4.62. The number of nitrogens with zero attached hydrogens (tertiary/aromatic N) is 1. The third kappa shape index (κ3) is 2.34. The lowest BCUT2D eigenvalue weighted by Gasteiger charge is -2.16.